The van der Waals surface area contributed by atoms with Gasteiger partial charge in [-0.3, -0.25) is 9.59 Å². The van der Waals surface area contributed by atoms with Crippen LogP contribution in [0.1, 0.15) is 122 Å². The van der Waals surface area contributed by atoms with Crippen molar-refractivity contribution in [3.63, 3.8) is 0 Å². The van der Waals surface area contributed by atoms with Crippen LogP contribution in [0.3, 0.4) is 0 Å². The molecule has 0 aliphatic heterocycles. The van der Waals surface area contributed by atoms with Crippen LogP contribution >= 0.6 is 0 Å². The molecule has 0 saturated heterocycles. The van der Waals surface area contributed by atoms with Gasteiger partial charge in [0.1, 0.15) is 11.8 Å². The summed E-state index contributed by atoms with van der Waals surface area (Å²) in [6.45, 7) is 5.79. The van der Waals surface area contributed by atoms with E-state index >= 15 is 0 Å². The van der Waals surface area contributed by atoms with Crippen molar-refractivity contribution in [3.8, 4) is 5.75 Å². The number of hydrogen-bond donors (Lipinski definition) is 1. The molecule has 1 aliphatic rings. The molecule has 1 unspecified atom stereocenters. The summed E-state index contributed by atoms with van der Waals surface area (Å²) in [5.41, 5.74) is 2.37. The fourth-order valence-corrected chi connectivity index (χ4v) is 5.36. The number of aryl methyl sites for hydroxylation is 1. The van der Waals surface area contributed by atoms with Gasteiger partial charge in [-0.05, 0) is 68.7 Å². The van der Waals surface area contributed by atoms with Crippen LogP contribution in [0.15, 0.2) is 66.7 Å². The molecule has 1 saturated carbocycles. The number of carbonyl (C=O) groups excluding carboxylic acids is 3. The molecule has 1 fully saturated rings. The second-order valence-electron chi connectivity index (χ2n) is 12.5. The van der Waals surface area contributed by atoms with Crippen molar-refractivity contribution in [2.75, 3.05) is 13.2 Å². The summed E-state index contributed by atoms with van der Waals surface area (Å²) < 4.78 is 10.1. The minimum Gasteiger partial charge on any atom is -0.465 e. The van der Waals surface area contributed by atoms with Gasteiger partial charge in [-0.15, -0.1) is 10.1 Å². The Bertz CT molecular complexity index is 1200. The monoisotopic (exact) mass is 696 g/mol. The summed E-state index contributed by atoms with van der Waals surface area (Å²) in [7, 11) is 0. The van der Waals surface area contributed by atoms with E-state index in [1.165, 1.54) is 96.0 Å². The SMILES string of the molecule is C/C=C\CCCC.CC(NC=O)C(=O)Oc1ccc(CCOC(=O)CCCO[N+](=O)[O-])cc1.c1ccc(CCCCCC2CCCCC2)cc1. The Labute approximate surface area is 299 Å². The average molecular weight is 697 g/mol. The molecule has 1 N–H and O–H groups in total. The van der Waals surface area contributed by atoms with Crippen LogP contribution in [0.5, 0.6) is 5.75 Å². The van der Waals surface area contributed by atoms with Crippen LogP contribution in [0.2, 0.25) is 0 Å². The molecule has 1 atom stereocenters. The van der Waals surface area contributed by atoms with Crippen molar-refractivity contribution in [2.45, 2.75) is 130 Å². The van der Waals surface area contributed by atoms with Crippen molar-refractivity contribution < 1.29 is 33.8 Å². The largest absolute Gasteiger partial charge is 0.465 e. The number of amides is 1. The predicted octanol–water partition coefficient (Wildman–Crippen LogP) is 8.92. The molecule has 0 radical (unpaired) electrons. The number of esters is 2. The van der Waals surface area contributed by atoms with Gasteiger partial charge in [-0.1, -0.05) is 126 Å². The van der Waals surface area contributed by atoms with E-state index in [-0.39, 0.29) is 26.1 Å². The van der Waals surface area contributed by atoms with Gasteiger partial charge in [-0.25, -0.2) is 4.79 Å². The highest BCUT2D eigenvalue weighted by molar-refractivity contribution is 5.79. The normalized spacial score (nSPS) is 13.1. The van der Waals surface area contributed by atoms with Gasteiger partial charge in [0.2, 0.25) is 6.41 Å². The van der Waals surface area contributed by atoms with Crippen molar-refractivity contribution >= 4 is 18.3 Å². The van der Waals surface area contributed by atoms with E-state index in [1.807, 2.05) is 0 Å². The fourth-order valence-electron chi connectivity index (χ4n) is 5.36. The van der Waals surface area contributed by atoms with Crippen molar-refractivity contribution in [3.05, 3.63) is 88.0 Å². The minimum absolute atomic E-state index is 0.0374. The lowest BCUT2D eigenvalue weighted by molar-refractivity contribution is -0.757. The maximum absolute atomic E-state index is 11.6. The maximum Gasteiger partial charge on any atom is 0.333 e. The van der Waals surface area contributed by atoms with Gasteiger partial charge in [0.25, 0.3) is 5.09 Å². The Morgan fingerprint density at radius 2 is 1.62 bits per heavy atom. The molecule has 1 amide bonds. The Kier molecular flexibility index (Phi) is 26.0. The van der Waals surface area contributed by atoms with Crippen molar-refractivity contribution in [1.82, 2.24) is 5.32 Å². The molecule has 2 aromatic rings. The van der Waals surface area contributed by atoms with Crippen LogP contribution in [-0.2, 0) is 36.8 Å². The molecule has 0 aromatic heterocycles. The third-order valence-corrected chi connectivity index (χ3v) is 8.29. The molecule has 3 rings (SSSR count). The smallest absolute Gasteiger partial charge is 0.333 e. The second kappa shape index (κ2) is 29.7. The minimum atomic E-state index is -0.911. The number of hydrogen-bond acceptors (Lipinski definition) is 8. The number of nitrogens with zero attached hydrogens (tertiary/aromatic N) is 1. The van der Waals surface area contributed by atoms with Crippen LogP contribution in [0.25, 0.3) is 0 Å². The van der Waals surface area contributed by atoms with Crippen LogP contribution in [0.4, 0.5) is 0 Å². The van der Waals surface area contributed by atoms with Crippen LogP contribution < -0.4 is 10.1 Å². The second-order valence-corrected chi connectivity index (χ2v) is 12.5. The molecular formula is C40H60N2O8. The molecule has 2 aromatic carbocycles. The molecule has 1 aliphatic carbocycles. The topological polar surface area (TPSA) is 134 Å². The number of ether oxygens (including phenoxy) is 2. The van der Waals surface area contributed by atoms with Gasteiger partial charge in [0.05, 0.1) is 13.2 Å². The van der Waals surface area contributed by atoms with Gasteiger partial charge in [0.15, 0.2) is 0 Å². The first-order valence-corrected chi connectivity index (χ1v) is 18.4. The zero-order valence-electron chi connectivity index (χ0n) is 30.5. The number of rotatable bonds is 21. The van der Waals surface area contributed by atoms with E-state index in [0.717, 1.165) is 11.5 Å². The Morgan fingerprint density at radius 3 is 2.26 bits per heavy atom. The summed E-state index contributed by atoms with van der Waals surface area (Å²) in [5, 5.41) is 11.3. The van der Waals surface area contributed by atoms with Crippen molar-refractivity contribution in [2.24, 2.45) is 5.92 Å². The number of allylic oxidation sites excluding steroid dienone is 2. The number of nitrogens with one attached hydrogen (secondary N) is 1. The first-order chi connectivity index (χ1) is 24.3. The van der Waals surface area contributed by atoms with E-state index in [0.29, 0.717) is 18.6 Å². The van der Waals surface area contributed by atoms with Gasteiger partial charge < -0.3 is 19.6 Å². The lowest BCUT2D eigenvalue weighted by Crippen LogP contribution is -2.35. The van der Waals surface area contributed by atoms with E-state index < -0.39 is 23.1 Å². The molecule has 0 bridgehead atoms. The zero-order valence-corrected chi connectivity index (χ0v) is 30.5. The molecule has 50 heavy (non-hydrogen) atoms. The molecule has 10 heteroatoms. The summed E-state index contributed by atoms with van der Waals surface area (Å²) in [5.74, 6) is 0.362. The fraction of sp³-hybridized carbons (Fsp3) is 0.575. The Hall–Kier alpha value is -4.21. The number of carbonyl (C=O) groups is 3. The van der Waals surface area contributed by atoms with Gasteiger partial charge >= 0.3 is 11.9 Å². The summed E-state index contributed by atoms with van der Waals surface area (Å²) >= 11 is 0. The highest BCUT2D eigenvalue weighted by Crippen LogP contribution is 2.28. The third-order valence-electron chi connectivity index (χ3n) is 8.29. The quantitative estimate of drug-likeness (QED) is 0.0260. The van der Waals surface area contributed by atoms with Gasteiger partial charge in [-0.2, -0.15) is 0 Å². The lowest BCUT2D eigenvalue weighted by Gasteiger charge is -2.21. The zero-order chi connectivity index (χ0) is 36.7. The highest BCUT2D eigenvalue weighted by Gasteiger charge is 2.14. The number of unbranched alkanes of at least 4 members (excludes halogenated alkanes) is 4. The Balaban J connectivity index is 0.000000442. The summed E-state index contributed by atoms with van der Waals surface area (Å²) in [6.07, 6.45) is 23.9. The van der Waals surface area contributed by atoms with Crippen LogP contribution in [-0.4, -0.2) is 42.7 Å². The van der Waals surface area contributed by atoms with Gasteiger partial charge in [0, 0.05) is 12.8 Å². The van der Waals surface area contributed by atoms with E-state index in [9.17, 15) is 24.5 Å². The molecule has 0 heterocycles. The lowest BCUT2D eigenvalue weighted by atomic mass is 9.85. The van der Waals surface area contributed by atoms with E-state index in [1.54, 1.807) is 24.3 Å². The standard InChI is InChI=1S/C17H26.C16H20N2O8.C7H14/c1-4-10-16(11-5-1)14-8-3-9-15-17-12-6-2-7-13-17;1-12(17-11-19)16(21)26-14-6-4-13(5-7-14)8-10-24-15(20)3-2-9-25-18(22)23;1-3-5-7-6-4-2/h1,4-5,10-11,17H,2-3,6-9,12-15H2;4-7,11-12H,2-3,8-10H2,1H3,(H,17,19);3,5H,4,6-7H2,1-2H3/b;;5-3-. The average Bonchev–Trinajstić information content (AvgIpc) is 3.12. The molecule has 278 valence electrons. The highest BCUT2D eigenvalue weighted by atomic mass is 16.9. The van der Waals surface area contributed by atoms with E-state index in [2.05, 4.69) is 66.5 Å². The first-order valence-electron chi connectivity index (χ1n) is 18.4. The molecule has 10 nitrogen and oxygen atoms in total. The molecule has 0 spiro atoms. The predicted molar refractivity (Wildman–Crippen MR) is 197 cm³/mol. The number of benzene rings is 2. The molecular weight excluding hydrogens is 636 g/mol. The summed E-state index contributed by atoms with van der Waals surface area (Å²) in [6, 6.07) is 16.8. The van der Waals surface area contributed by atoms with Crippen molar-refractivity contribution in [1.29, 1.82) is 0 Å². The third kappa shape index (κ3) is 24.0. The Morgan fingerprint density at radius 1 is 0.920 bits per heavy atom. The first kappa shape index (κ1) is 43.8. The van der Waals surface area contributed by atoms with Crippen LogP contribution in [0, 0.1) is 16.0 Å². The maximum atomic E-state index is 11.6. The van der Waals surface area contributed by atoms with E-state index in [4.69, 9.17) is 9.47 Å². The summed E-state index contributed by atoms with van der Waals surface area (Å²) in [4.78, 5) is 47.4.